The molecule has 0 unspecified atom stereocenters. The summed E-state index contributed by atoms with van der Waals surface area (Å²) >= 11 is 3.44. The highest BCUT2D eigenvalue weighted by atomic mass is 79.9. The largest absolute Gasteiger partial charge is 0.384 e. The fourth-order valence-corrected chi connectivity index (χ4v) is 1.82. The number of aromatic amines is 1. The zero-order chi connectivity index (χ0) is 11.2. The third-order valence-electron chi connectivity index (χ3n) is 2.23. The molecule has 0 radical (unpaired) electrons. The fraction of sp³-hybridized carbons (Fsp3) is 0.273. The number of hydrogen-bond donors (Lipinski definition) is 2. The summed E-state index contributed by atoms with van der Waals surface area (Å²) in [6, 6.07) is 1.96. The van der Waals surface area contributed by atoms with Crippen LogP contribution in [0, 0.1) is 0 Å². The Morgan fingerprint density at radius 3 is 3.06 bits per heavy atom. The predicted octanol–water partition coefficient (Wildman–Crippen LogP) is 2.61. The summed E-state index contributed by atoms with van der Waals surface area (Å²) in [5.41, 5.74) is 1.08. The Bertz CT molecular complexity index is 427. The van der Waals surface area contributed by atoms with E-state index in [1.807, 2.05) is 12.3 Å². The van der Waals surface area contributed by atoms with Gasteiger partial charge in [0.15, 0.2) is 0 Å². The molecule has 2 aromatic rings. The van der Waals surface area contributed by atoms with E-state index in [4.69, 9.17) is 0 Å². The van der Waals surface area contributed by atoms with Crippen LogP contribution in [0.1, 0.15) is 12.2 Å². The molecular formula is C11H13BrN4. The second-order valence-corrected chi connectivity index (χ2v) is 4.28. The molecule has 4 nitrogen and oxygen atoms in total. The SMILES string of the molecule is Brc1cnccc1NCCCc1ncc[nH]1. The first-order valence-electron chi connectivity index (χ1n) is 5.18. The molecule has 84 valence electrons. The van der Waals surface area contributed by atoms with Gasteiger partial charge in [0.2, 0.25) is 0 Å². The molecule has 2 N–H and O–H groups in total. The Balaban J connectivity index is 1.74. The normalized spacial score (nSPS) is 10.3. The van der Waals surface area contributed by atoms with E-state index in [0.29, 0.717) is 0 Å². The van der Waals surface area contributed by atoms with Crippen LogP contribution in [0.3, 0.4) is 0 Å². The molecular weight excluding hydrogens is 268 g/mol. The van der Waals surface area contributed by atoms with E-state index in [2.05, 4.69) is 36.2 Å². The number of hydrogen-bond acceptors (Lipinski definition) is 3. The average Bonchev–Trinajstić information content (AvgIpc) is 2.79. The van der Waals surface area contributed by atoms with Gasteiger partial charge >= 0.3 is 0 Å². The number of rotatable bonds is 5. The predicted molar refractivity (Wildman–Crippen MR) is 67.3 cm³/mol. The van der Waals surface area contributed by atoms with E-state index in [-0.39, 0.29) is 0 Å². The van der Waals surface area contributed by atoms with E-state index in [9.17, 15) is 0 Å². The smallest absolute Gasteiger partial charge is 0.106 e. The molecule has 16 heavy (non-hydrogen) atoms. The Kier molecular flexibility index (Phi) is 3.93. The molecule has 0 bridgehead atoms. The number of halogens is 1. The molecule has 0 aliphatic rings. The Hall–Kier alpha value is -1.36. The van der Waals surface area contributed by atoms with Crippen molar-refractivity contribution in [2.45, 2.75) is 12.8 Å². The van der Waals surface area contributed by atoms with E-state index in [0.717, 1.165) is 35.4 Å². The van der Waals surface area contributed by atoms with Gasteiger partial charge < -0.3 is 10.3 Å². The van der Waals surface area contributed by atoms with Crippen LogP contribution in [0.2, 0.25) is 0 Å². The number of anilines is 1. The van der Waals surface area contributed by atoms with Gasteiger partial charge in [-0.25, -0.2) is 4.98 Å². The zero-order valence-electron chi connectivity index (χ0n) is 8.78. The lowest BCUT2D eigenvalue weighted by molar-refractivity contribution is 0.816. The maximum absolute atomic E-state index is 4.18. The van der Waals surface area contributed by atoms with Crippen molar-refractivity contribution in [3.8, 4) is 0 Å². The summed E-state index contributed by atoms with van der Waals surface area (Å²) in [4.78, 5) is 11.3. The lowest BCUT2D eigenvalue weighted by atomic mass is 10.3. The molecule has 0 aromatic carbocycles. The van der Waals surface area contributed by atoms with Crippen LogP contribution in [-0.2, 0) is 6.42 Å². The summed E-state index contributed by atoms with van der Waals surface area (Å²) < 4.78 is 0.994. The molecule has 2 heterocycles. The number of imidazole rings is 1. The number of aromatic nitrogens is 3. The van der Waals surface area contributed by atoms with Crippen LogP contribution < -0.4 is 5.32 Å². The quantitative estimate of drug-likeness (QED) is 0.828. The van der Waals surface area contributed by atoms with Crippen molar-refractivity contribution in [2.24, 2.45) is 0 Å². The molecule has 0 aliphatic carbocycles. The summed E-state index contributed by atoms with van der Waals surface area (Å²) in [5, 5.41) is 3.35. The summed E-state index contributed by atoms with van der Waals surface area (Å²) in [5.74, 6) is 1.04. The first kappa shape index (κ1) is 11.1. The minimum atomic E-state index is 0.920. The topological polar surface area (TPSA) is 53.6 Å². The van der Waals surface area contributed by atoms with Gasteiger partial charge in [0, 0.05) is 37.8 Å². The molecule has 0 saturated carbocycles. The van der Waals surface area contributed by atoms with Crippen LogP contribution in [-0.4, -0.2) is 21.5 Å². The van der Waals surface area contributed by atoms with Gasteiger partial charge in [-0.1, -0.05) is 0 Å². The molecule has 0 atom stereocenters. The van der Waals surface area contributed by atoms with Gasteiger partial charge in [0.1, 0.15) is 5.82 Å². The van der Waals surface area contributed by atoms with E-state index >= 15 is 0 Å². The maximum atomic E-state index is 4.18. The third-order valence-corrected chi connectivity index (χ3v) is 2.87. The third kappa shape index (κ3) is 3.06. The van der Waals surface area contributed by atoms with Gasteiger partial charge in [0.05, 0.1) is 10.2 Å². The highest BCUT2D eigenvalue weighted by Crippen LogP contribution is 2.19. The molecule has 5 heteroatoms. The van der Waals surface area contributed by atoms with E-state index in [1.165, 1.54) is 0 Å². The van der Waals surface area contributed by atoms with Gasteiger partial charge in [-0.15, -0.1) is 0 Å². The van der Waals surface area contributed by atoms with Crippen LogP contribution in [0.15, 0.2) is 35.3 Å². The van der Waals surface area contributed by atoms with Crippen molar-refractivity contribution in [2.75, 3.05) is 11.9 Å². The number of pyridine rings is 1. The van der Waals surface area contributed by atoms with Gasteiger partial charge in [-0.2, -0.15) is 0 Å². The molecule has 2 rings (SSSR count). The van der Waals surface area contributed by atoms with E-state index < -0.39 is 0 Å². The number of nitrogens with zero attached hydrogens (tertiary/aromatic N) is 2. The zero-order valence-corrected chi connectivity index (χ0v) is 10.4. The standard InChI is InChI=1S/C11H13BrN4/c12-9-8-13-5-3-10(9)14-4-1-2-11-15-6-7-16-11/h3,5-8H,1-2,4H2,(H,13,14)(H,15,16). The van der Waals surface area contributed by atoms with Crippen molar-refractivity contribution in [3.05, 3.63) is 41.2 Å². The first-order chi connectivity index (χ1) is 7.86. The summed E-state index contributed by atoms with van der Waals surface area (Å²) in [6.45, 7) is 0.920. The molecule has 2 aromatic heterocycles. The Morgan fingerprint density at radius 1 is 1.38 bits per heavy atom. The number of H-pyrrole nitrogens is 1. The maximum Gasteiger partial charge on any atom is 0.106 e. The minimum absolute atomic E-state index is 0.920. The minimum Gasteiger partial charge on any atom is -0.384 e. The van der Waals surface area contributed by atoms with Gasteiger partial charge in [0.25, 0.3) is 0 Å². The van der Waals surface area contributed by atoms with Gasteiger partial charge in [-0.3, -0.25) is 4.98 Å². The van der Waals surface area contributed by atoms with Gasteiger partial charge in [-0.05, 0) is 28.4 Å². The summed E-state index contributed by atoms with van der Waals surface area (Å²) in [7, 11) is 0. The van der Waals surface area contributed by atoms with Crippen molar-refractivity contribution in [1.29, 1.82) is 0 Å². The van der Waals surface area contributed by atoms with Crippen LogP contribution >= 0.6 is 15.9 Å². The molecule has 0 fully saturated rings. The Morgan fingerprint density at radius 2 is 2.31 bits per heavy atom. The average molecular weight is 281 g/mol. The van der Waals surface area contributed by atoms with E-state index in [1.54, 1.807) is 18.6 Å². The number of nitrogens with one attached hydrogen (secondary N) is 2. The lowest BCUT2D eigenvalue weighted by Gasteiger charge is -2.06. The molecule has 0 aliphatic heterocycles. The second kappa shape index (κ2) is 5.65. The highest BCUT2D eigenvalue weighted by Gasteiger charge is 1.98. The molecule has 0 amide bonds. The Labute approximate surface area is 103 Å². The molecule has 0 saturated heterocycles. The first-order valence-corrected chi connectivity index (χ1v) is 5.97. The fourth-order valence-electron chi connectivity index (χ4n) is 1.43. The second-order valence-electron chi connectivity index (χ2n) is 3.42. The molecule has 0 spiro atoms. The van der Waals surface area contributed by atoms with Crippen molar-refractivity contribution < 1.29 is 0 Å². The number of aryl methyl sites for hydroxylation is 1. The van der Waals surface area contributed by atoms with Crippen molar-refractivity contribution in [1.82, 2.24) is 15.0 Å². The monoisotopic (exact) mass is 280 g/mol. The highest BCUT2D eigenvalue weighted by molar-refractivity contribution is 9.10. The van der Waals surface area contributed by atoms with Crippen LogP contribution in [0.25, 0.3) is 0 Å². The lowest BCUT2D eigenvalue weighted by Crippen LogP contribution is -2.04. The van der Waals surface area contributed by atoms with Crippen molar-refractivity contribution >= 4 is 21.6 Å². The van der Waals surface area contributed by atoms with Crippen LogP contribution in [0.4, 0.5) is 5.69 Å². The summed E-state index contributed by atoms with van der Waals surface area (Å²) in [6.07, 6.45) is 9.20. The van der Waals surface area contributed by atoms with Crippen LogP contribution in [0.5, 0.6) is 0 Å². The van der Waals surface area contributed by atoms with Crippen molar-refractivity contribution in [3.63, 3.8) is 0 Å².